The number of rotatable bonds is 4. The smallest absolute Gasteiger partial charge is 0.248 e. The molecule has 0 amide bonds. The fraction of sp³-hybridized carbons (Fsp3) is 0.467. The molecule has 0 saturated heterocycles. The fourth-order valence-corrected chi connectivity index (χ4v) is 2.35. The summed E-state index contributed by atoms with van der Waals surface area (Å²) in [6, 6.07) is 6.01. The molecule has 1 aromatic carbocycles. The standard InChI is InChI=1S/C15H20BrN3O/c1-10-9-11(16)5-6-12(10)14-19-18-13(20-14)7-8-17-15(2,3)4/h5-6,9,17H,7-8H2,1-4H3. The predicted molar refractivity (Wildman–Crippen MR) is 83.6 cm³/mol. The van der Waals surface area contributed by atoms with Crippen LogP contribution in [0.25, 0.3) is 11.5 Å². The maximum atomic E-state index is 5.73. The number of benzene rings is 1. The molecule has 2 rings (SSSR count). The number of halogens is 1. The van der Waals surface area contributed by atoms with Crippen LogP contribution in [0.5, 0.6) is 0 Å². The third-order valence-electron chi connectivity index (χ3n) is 2.88. The second-order valence-electron chi connectivity index (χ2n) is 5.89. The van der Waals surface area contributed by atoms with Crippen LogP contribution in [0.4, 0.5) is 0 Å². The largest absolute Gasteiger partial charge is 0.421 e. The number of aryl methyl sites for hydroxylation is 1. The summed E-state index contributed by atoms with van der Waals surface area (Å²) in [5, 5.41) is 11.6. The number of hydrogen-bond donors (Lipinski definition) is 1. The molecule has 0 radical (unpaired) electrons. The van der Waals surface area contributed by atoms with Crippen molar-refractivity contribution >= 4 is 15.9 Å². The third kappa shape index (κ3) is 4.15. The molecule has 0 spiro atoms. The summed E-state index contributed by atoms with van der Waals surface area (Å²) < 4.78 is 6.78. The first-order valence-corrected chi connectivity index (χ1v) is 7.48. The molecule has 0 bridgehead atoms. The van der Waals surface area contributed by atoms with E-state index in [0.29, 0.717) is 11.8 Å². The second kappa shape index (κ2) is 6.06. The van der Waals surface area contributed by atoms with Crippen LogP contribution in [-0.4, -0.2) is 22.3 Å². The van der Waals surface area contributed by atoms with E-state index in [1.54, 1.807) is 0 Å². The van der Waals surface area contributed by atoms with Crippen LogP contribution < -0.4 is 5.32 Å². The summed E-state index contributed by atoms with van der Waals surface area (Å²) in [6.45, 7) is 9.27. The number of nitrogens with zero attached hydrogens (tertiary/aromatic N) is 2. The van der Waals surface area contributed by atoms with Gasteiger partial charge in [-0.2, -0.15) is 0 Å². The van der Waals surface area contributed by atoms with Gasteiger partial charge in [0, 0.05) is 28.5 Å². The van der Waals surface area contributed by atoms with Gasteiger partial charge in [-0.05, 0) is 51.5 Å². The summed E-state index contributed by atoms with van der Waals surface area (Å²) in [5.41, 5.74) is 2.20. The van der Waals surface area contributed by atoms with E-state index in [9.17, 15) is 0 Å². The van der Waals surface area contributed by atoms with Crippen molar-refractivity contribution in [2.75, 3.05) is 6.54 Å². The van der Waals surface area contributed by atoms with Gasteiger partial charge in [0.25, 0.3) is 0 Å². The maximum Gasteiger partial charge on any atom is 0.248 e. The Hall–Kier alpha value is -1.20. The van der Waals surface area contributed by atoms with Crippen LogP contribution in [0.15, 0.2) is 27.1 Å². The number of nitrogens with one attached hydrogen (secondary N) is 1. The molecular weight excluding hydrogens is 318 g/mol. The van der Waals surface area contributed by atoms with Crippen molar-refractivity contribution in [3.63, 3.8) is 0 Å². The van der Waals surface area contributed by atoms with Gasteiger partial charge in [0.1, 0.15) is 0 Å². The lowest BCUT2D eigenvalue weighted by Crippen LogP contribution is -2.37. The normalized spacial score (nSPS) is 11.8. The molecule has 0 aliphatic carbocycles. The maximum absolute atomic E-state index is 5.73. The summed E-state index contributed by atoms with van der Waals surface area (Å²) >= 11 is 3.45. The van der Waals surface area contributed by atoms with E-state index in [1.165, 1.54) is 0 Å². The van der Waals surface area contributed by atoms with Crippen molar-refractivity contribution in [3.05, 3.63) is 34.1 Å². The molecular formula is C15H20BrN3O. The summed E-state index contributed by atoms with van der Waals surface area (Å²) in [4.78, 5) is 0. The molecule has 0 fully saturated rings. The van der Waals surface area contributed by atoms with Gasteiger partial charge in [-0.1, -0.05) is 15.9 Å². The molecule has 0 saturated carbocycles. The van der Waals surface area contributed by atoms with E-state index < -0.39 is 0 Å². The number of aromatic nitrogens is 2. The van der Waals surface area contributed by atoms with Crippen LogP contribution in [0.3, 0.4) is 0 Å². The van der Waals surface area contributed by atoms with Crippen LogP contribution in [0.1, 0.15) is 32.2 Å². The minimum atomic E-state index is 0.102. The Bertz CT molecular complexity index is 587. The molecule has 0 unspecified atom stereocenters. The molecule has 1 N–H and O–H groups in total. The van der Waals surface area contributed by atoms with Crippen molar-refractivity contribution in [3.8, 4) is 11.5 Å². The molecule has 0 atom stereocenters. The lowest BCUT2D eigenvalue weighted by molar-refractivity contribution is 0.412. The van der Waals surface area contributed by atoms with Gasteiger partial charge in [0.2, 0.25) is 11.8 Å². The van der Waals surface area contributed by atoms with Gasteiger partial charge in [0.15, 0.2) is 0 Å². The van der Waals surface area contributed by atoms with E-state index >= 15 is 0 Å². The van der Waals surface area contributed by atoms with Gasteiger partial charge in [-0.3, -0.25) is 0 Å². The van der Waals surface area contributed by atoms with Crippen molar-refractivity contribution in [1.29, 1.82) is 0 Å². The van der Waals surface area contributed by atoms with Crippen LogP contribution in [0, 0.1) is 6.92 Å². The zero-order valence-corrected chi connectivity index (χ0v) is 13.9. The Labute approximate surface area is 128 Å². The molecule has 20 heavy (non-hydrogen) atoms. The van der Waals surface area contributed by atoms with Crippen LogP contribution >= 0.6 is 15.9 Å². The van der Waals surface area contributed by atoms with Gasteiger partial charge in [0.05, 0.1) is 0 Å². The highest BCUT2D eigenvalue weighted by Gasteiger charge is 2.12. The van der Waals surface area contributed by atoms with E-state index in [0.717, 1.165) is 28.6 Å². The Morgan fingerprint density at radius 1 is 1.25 bits per heavy atom. The van der Waals surface area contributed by atoms with E-state index in [2.05, 4.69) is 52.2 Å². The van der Waals surface area contributed by atoms with E-state index in [4.69, 9.17) is 4.42 Å². The first-order valence-electron chi connectivity index (χ1n) is 6.69. The van der Waals surface area contributed by atoms with Gasteiger partial charge < -0.3 is 9.73 Å². The zero-order chi connectivity index (χ0) is 14.8. The lowest BCUT2D eigenvalue weighted by atomic mass is 10.1. The lowest BCUT2D eigenvalue weighted by Gasteiger charge is -2.19. The third-order valence-corrected chi connectivity index (χ3v) is 3.37. The first-order chi connectivity index (χ1) is 9.35. The quantitative estimate of drug-likeness (QED) is 0.923. The first kappa shape index (κ1) is 15.2. The zero-order valence-electron chi connectivity index (χ0n) is 12.3. The van der Waals surface area contributed by atoms with Gasteiger partial charge >= 0.3 is 0 Å². The Balaban J connectivity index is 2.05. The SMILES string of the molecule is Cc1cc(Br)ccc1-c1nnc(CCNC(C)(C)C)o1. The summed E-state index contributed by atoms with van der Waals surface area (Å²) in [6.07, 6.45) is 0.736. The highest BCUT2D eigenvalue weighted by atomic mass is 79.9. The molecule has 2 aromatic rings. The number of hydrogen-bond acceptors (Lipinski definition) is 4. The van der Waals surface area contributed by atoms with Crippen molar-refractivity contribution < 1.29 is 4.42 Å². The molecule has 4 nitrogen and oxygen atoms in total. The summed E-state index contributed by atoms with van der Waals surface area (Å²) in [5.74, 6) is 1.25. The van der Waals surface area contributed by atoms with Gasteiger partial charge in [-0.15, -0.1) is 10.2 Å². The van der Waals surface area contributed by atoms with Gasteiger partial charge in [-0.25, -0.2) is 0 Å². The minimum Gasteiger partial charge on any atom is -0.421 e. The Morgan fingerprint density at radius 3 is 2.65 bits per heavy atom. The predicted octanol–water partition coefficient (Wildman–Crippen LogP) is 3.74. The van der Waals surface area contributed by atoms with Crippen molar-refractivity contribution in [2.24, 2.45) is 0 Å². The van der Waals surface area contributed by atoms with Crippen molar-refractivity contribution in [2.45, 2.75) is 39.7 Å². The monoisotopic (exact) mass is 337 g/mol. The average Bonchev–Trinajstić information content (AvgIpc) is 2.75. The minimum absolute atomic E-state index is 0.102. The molecule has 1 aromatic heterocycles. The molecule has 1 heterocycles. The van der Waals surface area contributed by atoms with E-state index in [1.807, 2.05) is 25.1 Å². The Kier molecular flexibility index (Phi) is 4.60. The second-order valence-corrected chi connectivity index (χ2v) is 6.80. The average molecular weight is 338 g/mol. The highest BCUT2D eigenvalue weighted by Crippen LogP contribution is 2.25. The van der Waals surface area contributed by atoms with E-state index in [-0.39, 0.29) is 5.54 Å². The molecule has 108 valence electrons. The van der Waals surface area contributed by atoms with Crippen LogP contribution in [0.2, 0.25) is 0 Å². The molecule has 0 aliphatic rings. The fourth-order valence-electron chi connectivity index (χ4n) is 1.87. The van der Waals surface area contributed by atoms with Crippen molar-refractivity contribution in [1.82, 2.24) is 15.5 Å². The van der Waals surface area contributed by atoms with Crippen LogP contribution in [-0.2, 0) is 6.42 Å². The summed E-state index contributed by atoms with van der Waals surface area (Å²) in [7, 11) is 0. The highest BCUT2D eigenvalue weighted by molar-refractivity contribution is 9.10. The topological polar surface area (TPSA) is 51.0 Å². The molecule has 0 aliphatic heterocycles. The Morgan fingerprint density at radius 2 is 2.00 bits per heavy atom. The molecule has 5 heteroatoms.